The van der Waals surface area contributed by atoms with Crippen molar-refractivity contribution in [3.05, 3.63) is 48.5 Å². The fourth-order valence-electron chi connectivity index (χ4n) is 2.92. The largest absolute Gasteiger partial charge is 0.497 e. The van der Waals surface area contributed by atoms with Crippen LogP contribution in [0.1, 0.15) is 6.42 Å². The zero-order chi connectivity index (χ0) is 18.5. The first-order valence-electron chi connectivity index (χ1n) is 8.25. The molecule has 0 aromatic heterocycles. The Morgan fingerprint density at radius 3 is 2.58 bits per heavy atom. The number of nitrogens with one attached hydrogen (secondary N) is 2. The predicted molar refractivity (Wildman–Crippen MR) is 98.9 cm³/mol. The Bertz CT molecular complexity index is 795. The smallest absolute Gasteiger partial charge is 0.319 e. The molecule has 2 N–H and O–H groups in total. The molecule has 3 rings (SSSR count). The van der Waals surface area contributed by atoms with E-state index in [1.165, 1.54) is 7.11 Å². The average Bonchev–Trinajstić information content (AvgIpc) is 3.02. The van der Waals surface area contributed by atoms with Gasteiger partial charge in [-0.15, -0.1) is 0 Å². The summed E-state index contributed by atoms with van der Waals surface area (Å²) in [6.07, 6.45) is 0.261. The van der Waals surface area contributed by atoms with Gasteiger partial charge in [0.25, 0.3) is 0 Å². The molecule has 0 aliphatic carbocycles. The van der Waals surface area contributed by atoms with Crippen molar-refractivity contribution >= 4 is 23.3 Å². The number of urea groups is 1. The summed E-state index contributed by atoms with van der Waals surface area (Å²) in [4.78, 5) is 26.2. The van der Waals surface area contributed by atoms with Gasteiger partial charge in [0.1, 0.15) is 11.5 Å². The van der Waals surface area contributed by atoms with E-state index >= 15 is 0 Å². The second-order valence-corrected chi connectivity index (χ2v) is 5.91. The van der Waals surface area contributed by atoms with Gasteiger partial charge in [0, 0.05) is 24.7 Å². The predicted octanol–water partition coefficient (Wildman–Crippen LogP) is 2.63. The van der Waals surface area contributed by atoms with Crippen molar-refractivity contribution in [2.45, 2.75) is 12.5 Å². The van der Waals surface area contributed by atoms with Crippen molar-refractivity contribution in [1.29, 1.82) is 0 Å². The van der Waals surface area contributed by atoms with Crippen LogP contribution in [-0.2, 0) is 4.79 Å². The first kappa shape index (κ1) is 17.6. The first-order chi connectivity index (χ1) is 12.6. The second kappa shape index (κ2) is 7.77. The number of benzene rings is 2. The van der Waals surface area contributed by atoms with Crippen molar-refractivity contribution in [3.8, 4) is 11.5 Å². The third kappa shape index (κ3) is 3.88. The van der Waals surface area contributed by atoms with Crippen LogP contribution in [0.15, 0.2) is 48.5 Å². The van der Waals surface area contributed by atoms with Gasteiger partial charge < -0.3 is 25.0 Å². The van der Waals surface area contributed by atoms with Gasteiger partial charge in [0.05, 0.1) is 25.9 Å². The molecule has 1 heterocycles. The average molecular weight is 355 g/mol. The number of hydrogen-bond donors (Lipinski definition) is 2. The van der Waals surface area contributed by atoms with Crippen LogP contribution in [0.3, 0.4) is 0 Å². The van der Waals surface area contributed by atoms with E-state index in [0.717, 1.165) is 5.69 Å². The lowest BCUT2D eigenvalue weighted by molar-refractivity contribution is -0.117. The van der Waals surface area contributed by atoms with E-state index in [9.17, 15) is 9.59 Å². The number of anilines is 2. The monoisotopic (exact) mass is 355 g/mol. The number of nitrogens with zero attached hydrogens (tertiary/aromatic N) is 1. The van der Waals surface area contributed by atoms with Gasteiger partial charge in [-0.1, -0.05) is 18.2 Å². The minimum absolute atomic E-state index is 0.0135. The van der Waals surface area contributed by atoms with E-state index in [4.69, 9.17) is 9.47 Å². The van der Waals surface area contributed by atoms with Crippen LogP contribution in [0.4, 0.5) is 16.2 Å². The molecule has 7 heteroatoms. The molecule has 0 saturated carbocycles. The number of amides is 3. The van der Waals surface area contributed by atoms with Gasteiger partial charge in [-0.2, -0.15) is 0 Å². The molecule has 2 aromatic carbocycles. The Hall–Kier alpha value is -3.22. The first-order valence-corrected chi connectivity index (χ1v) is 8.25. The molecule has 26 heavy (non-hydrogen) atoms. The third-order valence-electron chi connectivity index (χ3n) is 4.18. The van der Waals surface area contributed by atoms with Gasteiger partial charge >= 0.3 is 6.03 Å². The SMILES string of the molecule is COc1ccc(OC)c(NC(=O)NC2CC(=O)N(c3ccccc3)C2)c1. The van der Waals surface area contributed by atoms with Gasteiger partial charge in [-0.05, 0) is 24.3 Å². The lowest BCUT2D eigenvalue weighted by atomic mass is 10.2. The van der Waals surface area contributed by atoms with E-state index in [1.807, 2.05) is 30.3 Å². The van der Waals surface area contributed by atoms with Crippen LogP contribution in [0, 0.1) is 0 Å². The summed E-state index contributed by atoms with van der Waals surface area (Å²) in [5, 5.41) is 5.59. The summed E-state index contributed by atoms with van der Waals surface area (Å²) >= 11 is 0. The maximum absolute atomic E-state index is 12.3. The summed E-state index contributed by atoms with van der Waals surface area (Å²) < 4.78 is 10.4. The molecule has 136 valence electrons. The molecule has 1 fully saturated rings. The standard InChI is InChI=1S/C19H21N3O4/c1-25-15-8-9-17(26-2)16(11-15)21-19(24)20-13-10-18(23)22(12-13)14-6-4-3-5-7-14/h3-9,11,13H,10,12H2,1-2H3,(H2,20,21,24). The number of rotatable bonds is 5. The molecule has 3 amide bonds. The zero-order valence-corrected chi connectivity index (χ0v) is 14.7. The number of ether oxygens (including phenoxy) is 2. The Morgan fingerprint density at radius 2 is 1.88 bits per heavy atom. The van der Waals surface area contributed by atoms with Crippen LogP contribution >= 0.6 is 0 Å². The Balaban J connectivity index is 1.63. The maximum atomic E-state index is 12.3. The molecule has 2 aromatic rings. The van der Waals surface area contributed by atoms with E-state index in [-0.39, 0.29) is 18.4 Å². The molecular weight excluding hydrogens is 334 g/mol. The zero-order valence-electron chi connectivity index (χ0n) is 14.7. The Labute approximate surface area is 151 Å². The van der Waals surface area contributed by atoms with Crippen molar-refractivity contribution in [1.82, 2.24) is 5.32 Å². The van der Waals surface area contributed by atoms with Crippen LogP contribution < -0.4 is 25.0 Å². The highest BCUT2D eigenvalue weighted by molar-refractivity contribution is 5.98. The maximum Gasteiger partial charge on any atom is 0.319 e. The van der Waals surface area contributed by atoms with Gasteiger partial charge in [0.2, 0.25) is 5.91 Å². The van der Waals surface area contributed by atoms with E-state index in [0.29, 0.717) is 23.7 Å². The summed E-state index contributed by atoms with van der Waals surface area (Å²) in [7, 11) is 3.08. The number of para-hydroxylation sites is 1. The summed E-state index contributed by atoms with van der Waals surface area (Å²) in [5.74, 6) is 1.11. The van der Waals surface area contributed by atoms with Crippen molar-refractivity contribution < 1.29 is 19.1 Å². The van der Waals surface area contributed by atoms with E-state index < -0.39 is 6.03 Å². The highest BCUT2D eigenvalue weighted by atomic mass is 16.5. The van der Waals surface area contributed by atoms with Crippen LogP contribution in [0.2, 0.25) is 0 Å². The van der Waals surface area contributed by atoms with Crippen molar-refractivity contribution in [2.24, 2.45) is 0 Å². The highest BCUT2D eigenvalue weighted by Gasteiger charge is 2.31. The van der Waals surface area contributed by atoms with Crippen LogP contribution in [0.5, 0.6) is 11.5 Å². The quantitative estimate of drug-likeness (QED) is 0.864. The molecule has 0 radical (unpaired) electrons. The molecule has 7 nitrogen and oxygen atoms in total. The number of carbonyl (C=O) groups is 2. The molecule has 1 atom stereocenters. The van der Waals surface area contributed by atoms with E-state index in [1.54, 1.807) is 30.2 Å². The lowest BCUT2D eigenvalue weighted by Crippen LogP contribution is -2.39. The number of hydrogen-bond acceptors (Lipinski definition) is 4. The topological polar surface area (TPSA) is 79.9 Å². The Kier molecular flexibility index (Phi) is 5.26. The summed E-state index contributed by atoms with van der Waals surface area (Å²) in [6.45, 7) is 0.436. The summed E-state index contributed by atoms with van der Waals surface area (Å²) in [6, 6.07) is 13.9. The molecular formula is C19H21N3O4. The highest BCUT2D eigenvalue weighted by Crippen LogP contribution is 2.29. The van der Waals surface area contributed by atoms with Crippen molar-refractivity contribution in [2.75, 3.05) is 31.0 Å². The van der Waals surface area contributed by atoms with Gasteiger partial charge in [-0.3, -0.25) is 4.79 Å². The second-order valence-electron chi connectivity index (χ2n) is 5.91. The van der Waals surface area contributed by atoms with Gasteiger partial charge in [-0.25, -0.2) is 4.79 Å². The molecule has 0 bridgehead atoms. The normalized spacial score (nSPS) is 16.3. The minimum atomic E-state index is -0.399. The molecule has 1 saturated heterocycles. The van der Waals surface area contributed by atoms with Gasteiger partial charge in [0.15, 0.2) is 0 Å². The number of carbonyl (C=O) groups excluding carboxylic acids is 2. The minimum Gasteiger partial charge on any atom is -0.497 e. The summed E-state index contributed by atoms with van der Waals surface area (Å²) in [5.41, 5.74) is 1.32. The molecule has 1 aliphatic heterocycles. The lowest BCUT2D eigenvalue weighted by Gasteiger charge is -2.18. The Morgan fingerprint density at radius 1 is 1.12 bits per heavy atom. The number of methoxy groups -OCH3 is 2. The fourth-order valence-corrected chi connectivity index (χ4v) is 2.92. The third-order valence-corrected chi connectivity index (χ3v) is 4.18. The molecule has 0 spiro atoms. The fraction of sp³-hybridized carbons (Fsp3) is 0.263. The van der Waals surface area contributed by atoms with Crippen LogP contribution in [-0.4, -0.2) is 38.7 Å². The van der Waals surface area contributed by atoms with E-state index in [2.05, 4.69) is 10.6 Å². The molecule has 1 aliphatic rings. The van der Waals surface area contributed by atoms with Crippen molar-refractivity contribution in [3.63, 3.8) is 0 Å². The molecule has 1 unspecified atom stereocenters. The van der Waals surface area contributed by atoms with Crippen LogP contribution in [0.25, 0.3) is 0 Å².